The molecule has 0 spiro atoms. The first-order chi connectivity index (χ1) is 10.7. The van der Waals surface area contributed by atoms with E-state index < -0.39 is 6.04 Å². The highest BCUT2D eigenvalue weighted by Gasteiger charge is 2.42. The summed E-state index contributed by atoms with van der Waals surface area (Å²) < 4.78 is 5.60. The molecule has 0 aromatic heterocycles. The number of nitrogens with zero attached hydrogens (tertiary/aromatic N) is 1. The third kappa shape index (κ3) is 2.93. The quantitative estimate of drug-likeness (QED) is 0.509. The molecule has 0 radical (unpaired) electrons. The Kier molecular flexibility index (Phi) is 4.71. The van der Waals surface area contributed by atoms with Gasteiger partial charge in [0.15, 0.2) is 0 Å². The molecule has 1 atom stereocenters. The SMILES string of the molecule is COc1cccc2c1N([C@H](C(=O)NN)C(C)C)C(C)(C)C=C2C. The molecule has 0 unspecified atom stereocenters. The molecule has 0 aliphatic carbocycles. The fraction of sp³-hybridized carbons (Fsp3) is 0.500. The summed E-state index contributed by atoms with van der Waals surface area (Å²) in [7, 11) is 1.65. The van der Waals surface area contributed by atoms with E-state index in [1.807, 2.05) is 26.0 Å². The molecule has 1 heterocycles. The molecule has 0 saturated heterocycles. The van der Waals surface area contributed by atoms with Gasteiger partial charge in [0.1, 0.15) is 11.8 Å². The molecule has 1 aromatic rings. The Morgan fingerprint density at radius 3 is 2.52 bits per heavy atom. The fourth-order valence-electron chi connectivity index (χ4n) is 3.52. The van der Waals surface area contributed by atoms with E-state index in [-0.39, 0.29) is 17.4 Å². The lowest BCUT2D eigenvalue weighted by atomic mass is 9.84. The van der Waals surface area contributed by atoms with Crippen LogP contribution in [0.2, 0.25) is 0 Å². The molecule has 0 bridgehead atoms. The Morgan fingerprint density at radius 2 is 2.00 bits per heavy atom. The Morgan fingerprint density at radius 1 is 1.35 bits per heavy atom. The molecule has 1 aliphatic heterocycles. The van der Waals surface area contributed by atoms with Crippen LogP contribution < -0.4 is 20.9 Å². The summed E-state index contributed by atoms with van der Waals surface area (Å²) in [6.07, 6.45) is 2.19. The van der Waals surface area contributed by atoms with Crippen LogP contribution in [0.15, 0.2) is 24.3 Å². The van der Waals surface area contributed by atoms with E-state index in [0.717, 1.165) is 17.0 Å². The van der Waals surface area contributed by atoms with E-state index in [1.165, 1.54) is 5.57 Å². The van der Waals surface area contributed by atoms with Crippen molar-refractivity contribution >= 4 is 17.2 Å². The average molecular weight is 317 g/mol. The number of fused-ring (bicyclic) bond motifs is 1. The number of anilines is 1. The van der Waals surface area contributed by atoms with Crippen molar-refractivity contribution in [3.63, 3.8) is 0 Å². The molecule has 5 nitrogen and oxygen atoms in total. The van der Waals surface area contributed by atoms with E-state index in [0.29, 0.717) is 0 Å². The van der Waals surface area contributed by atoms with Gasteiger partial charge in [-0.3, -0.25) is 10.2 Å². The predicted molar refractivity (Wildman–Crippen MR) is 94.2 cm³/mol. The number of hydrazine groups is 1. The van der Waals surface area contributed by atoms with Crippen molar-refractivity contribution in [2.45, 2.75) is 46.2 Å². The number of amides is 1. The summed E-state index contributed by atoms with van der Waals surface area (Å²) in [5.74, 6) is 6.10. The van der Waals surface area contributed by atoms with Gasteiger partial charge in [-0.2, -0.15) is 0 Å². The number of hydrogen-bond donors (Lipinski definition) is 2. The van der Waals surface area contributed by atoms with Crippen LogP contribution in [0, 0.1) is 5.92 Å². The first-order valence-electron chi connectivity index (χ1n) is 7.91. The van der Waals surface area contributed by atoms with E-state index in [2.05, 4.69) is 43.2 Å². The second-order valence-electron chi connectivity index (χ2n) is 6.90. The number of carbonyl (C=O) groups excluding carboxylic acids is 1. The lowest BCUT2D eigenvalue weighted by Gasteiger charge is -2.48. The van der Waals surface area contributed by atoms with Gasteiger partial charge in [-0.1, -0.05) is 32.1 Å². The number of ether oxygens (including phenoxy) is 1. The molecule has 5 heteroatoms. The molecule has 23 heavy (non-hydrogen) atoms. The average Bonchev–Trinajstić information content (AvgIpc) is 2.49. The van der Waals surface area contributed by atoms with Crippen molar-refractivity contribution < 1.29 is 9.53 Å². The van der Waals surface area contributed by atoms with E-state index in [9.17, 15) is 4.79 Å². The number of nitrogens with two attached hydrogens (primary N) is 1. The molecule has 1 amide bonds. The highest BCUT2D eigenvalue weighted by atomic mass is 16.5. The summed E-state index contributed by atoms with van der Waals surface area (Å²) in [6, 6.07) is 5.57. The molecule has 0 fully saturated rings. The molecule has 3 N–H and O–H groups in total. The van der Waals surface area contributed by atoms with Crippen LogP contribution in [0.5, 0.6) is 5.75 Å². The highest BCUT2D eigenvalue weighted by Crippen LogP contribution is 2.46. The maximum Gasteiger partial charge on any atom is 0.256 e. The largest absolute Gasteiger partial charge is 0.495 e. The summed E-state index contributed by atoms with van der Waals surface area (Å²) in [4.78, 5) is 14.6. The lowest BCUT2D eigenvalue weighted by Crippen LogP contribution is -2.59. The van der Waals surface area contributed by atoms with Crippen molar-refractivity contribution in [2.24, 2.45) is 11.8 Å². The summed E-state index contributed by atoms with van der Waals surface area (Å²) in [5, 5.41) is 0. The predicted octanol–water partition coefficient (Wildman–Crippen LogP) is 2.71. The molecule has 126 valence electrons. The Balaban J connectivity index is 2.74. The molecular formula is C18H27N3O2. The molecule has 1 aromatic carbocycles. The van der Waals surface area contributed by atoms with Gasteiger partial charge in [-0.15, -0.1) is 0 Å². The van der Waals surface area contributed by atoms with Crippen molar-refractivity contribution in [3.05, 3.63) is 29.8 Å². The summed E-state index contributed by atoms with van der Waals surface area (Å²) in [5.41, 5.74) is 5.18. The van der Waals surface area contributed by atoms with Crippen LogP contribution in [0.3, 0.4) is 0 Å². The minimum Gasteiger partial charge on any atom is -0.495 e. The zero-order valence-electron chi connectivity index (χ0n) is 14.8. The third-order valence-electron chi connectivity index (χ3n) is 4.40. The maximum absolute atomic E-state index is 12.5. The lowest BCUT2D eigenvalue weighted by molar-refractivity contribution is -0.123. The monoisotopic (exact) mass is 317 g/mol. The van der Waals surface area contributed by atoms with Crippen LogP contribution >= 0.6 is 0 Å². The van der Waals surface area contributed by atoms with Gasteiger partial charge >= 0.3 is 0 Å². The minimum absolute atomic E-state index is 0.0855. The van der Waals surface area contributed by atoms with E-state index in [1.54, 1.807) is 7.11 Å². The Bertz CT molecular complexity index is 635. The third-order valence-corrected chi connectivity index (χ3v) is 4.40. The van der Waals surface area contributed by atoms with Crippen molar-refractivity contribution in [1.82, 2.24) is 5.43 Å². The van der Waals surface area contributed by atoms with Gasteiger partial charge in [0.25, 0.3) is 5.91 Å². The molecular weight excluding hydrogens is 290 g/mol. The van der Waals surface area contributed by atoms with Crippen molar-refractivity contribution in [2.75, 3.05) is 12.0 Å². The topological polar surface area (TPSA) is 67.6 Å². The van der Waals surface area contributed by atoms with Crippen molar-refractivity contribution in [1.29, 1.82) is 0 Å². The van der Waals surface area contributed by atoms with Gasteiger partial charge in [0.05, 0.1) is 18.3 Å². The van der Waals surface area contributed by atoms with Gasteiger partial charge in [0, 0.05) is 5.56 Å². The number of rotatable bonds is 4. The Labute approximate surface area is 138 Å². The van der Waals surface area contributed by atoms with Crippen LogP contribution in [0.4, 0.5) is 5.69 Å². The number of allylic oxidation sites excluding steroid dienone is 1. The second-order valence-corrected chi connectivity index (χ2v) is 6.90. The number of carbonyl (C=O) groups is 1. The highest BCUT2D eigenvalue weighted by molar-refractivity contribution is 5.91. The number of benzene rings is 1. The van der Waals surface area contributed by atoms with E-state index >= 15 is 0 Å². The number of nitrogens with one attached hydrogen (secondary N) is 1. The van der Waals surface area contributed by atoms with Crippen molar-refractivity contribution in [3.8, 4) is 5.75 Å². The van der Waals surface area contributed by atoms with Gasteiger partial charge < -0.3 is 9.64 Å². The number of hydrogen-bond acceptors (Lipinski definition) is 4. The van der Waals surface area contributed by atoms with Crippen LogP contribution in [-0.4, -0.2) is 24.6 Å². The molecule has 2 rings (SSSR count). The summed E-state index contributed by atoms with van der Waals surface area (Å²) >= 11 is 0. The smallest absolute Gasteiger partial charge is 0.256 e. The van der Waals surface area contributed by atoms with Gasteiger partial charge in [0.2, 0.25) is 0 Å². The first-order valence-corrected chi connectivity index (χ1v) is 7.91. The first kappa shape index (κ1) is 17.3. The summed E-state index contributed by atoms with van der Waals surface area (Å²) in [6.45, 7) is 10.3. The maximum atomic E-state index is 12.5. The van der Waals surface area contributed by atoms with Gasteiger partial charge in [-0.25, -0.2) is 5.84 Å². The van der Waals surface area contributed by atoms with Crippen LogP contribution in [-0.2, 0) is 4.79 Å². The fourth-order valence-corrected chi connectivity index (χ4v) is 3.52. The zero-order chi connectivity index (χ0) is 17.4. The molecule has 1 aliphatic rings. The number of para-hydroxylation sites is 1. The molecule has 0 saturated carbocycles. The minimum atomic E-state index is -0.394. The van der Waals surface area contributed by atoms with Crippen LogP contribution in [0.1, 0.15) is 40.2 Å². The second kappa shape index (κ2) is 6.24. The number of methoxy groups -OCH3 is 1. The zero-order valence-corrected chi connectivity index (χ0v) is 14.8. The normalized spacial score (nSPS) is 17.4. The Hall–Kier alpha value is -2.01. The standard InChI is InChI=1S/C18H27N3O2/c1-11(2)15(17(22)20-19)21-16-13(8-7-9-14(16)23-6)12(3)10-18(21,4)5/h7-11,15H,19H2,1-6H3,(H,20,22)/t15-/m0/s1. The van der Waals surface area contributed by atoms with Crippen LogP contribution in [0.25, 0.3) is 5.57 Å². The van der Waals surface area contributed by atoms with Gasteiger partial charge in [-0.05, 0) is 38.3 Å². The van der Waals surface area contributed by atoms with E-state index in [4.69, 9.17) is 10.6 Å².